The Kier molecular flexibility index (Phi) is 9.51. The van der Waals surface area contributed by atoms with E-state index in [0.717, 1.165) is 52.0 Å². The Morgan fingerprint density at radius 1 is 1.03 bits per heavy atom. The largest absolute Gasteiger partial charge is 0.489 e. The monoisotopic (exact) mass is 482 g/mol. The van der Waals surface area contributed by atoms with Gasteiger partial charge in [0, 0.05) is 52.9 Å². The van der Waals surface area contributed by atoms with Gasteiger partial charge in [-0.15, -0.1) is 0 Å². The van der Waals surface area contributed by atoms with E-state index >= 15 is 0 Å². The SMILES string of the molecule is COCCN1CCN(CC(=O)Nc2cc(S(=O)(=O)N3CCCCC3)ccc2OC(C)C)CC1. The third-order valence-corrected chi connectivity index (χ3v) is 7.88. The third-order valence-electron chi connectivity index (χ3n) is 5.98. The molecule has 0 radical (unpaired) electrons. The Labute approximate surface area is 198 Å². The lowest BCUT2D eigenvalue weighted by atomic mass is 10.2. The summed E-state index contributed by atoms with van der Waals surface area (Å²) < 4.78 is 38.8. The lowest BCUT2D eigenvalue weighted by Crippen LogP contribution is -2.49. The first-order valence-corrected chi connectivity index (χ1v) is 13.3. The number of ether oxygens (including phenoxy) is 2. The Morgan fingerprint density at radius 3 is 2.33 bits per heavy atom. The van der Waals surface area contributed by atoms with E-state index in [4.69, 9.17) is 9.47 Å². The van der Waals surface area contributed by atoms with Gasteiger partial charge in [0.25, 0.3) is 0 Å². The zero-order valence-corrected chi connectivity index (χ0v) is 20.9. The first-order valence-electron chi connectivity index (χ1n) is 11.8. The van der Waals surface area contributed by atoms with E-state index < -0.39 is 10.0 Å². The number of amides is 1. The molecule has 2 aliphatic rings. The van der Waals surface area contributed by atoms with E-state index in [0.29, 0.717) is 31.1 Å². The van der Waals surface area contributed by atoms with E-state index in [1.165, 1.54) is 10.4 Å². The van der Waals surface area contributed by atoms with E-state index in [2.05, 4.69) is 15.1 Å². The van der Waals surface area contributed by atoms with Gasteiger partial charge < -0.3 is 14.8 Å². The van der Waals surface area contributed by atoms with E-state index in [9.17, 15) is 13.2 Å². The zero-order chi connectivity index (χ0) is 23.8. The quantitative estimate of drug-likeness (QED) is 0.544. The highest BCUT2D eigenvalue weighted by Gasteiger charge is 2.27. The first-order chi connectivity index (χ1) is 15.8. The standard InChI is InChI=1S/C23H38N4O5S/c1-19(2)32-22-8-7-20(33(29,30)27-9-5-4-6-10-27)17-21(22)24-23(28)18-26-13-11-25(12-14-26)15-16-31-3/h7-8,17,19H,4-6,9-16,18H2,1-3H3,(H,24,28). The van der Waals surface area contributed by atoms with Gasteiger partial charge in [-0.05, 0) is 44.9 Å². The predicted molar refractivity (Wildman–Crippen MR) is 128 cm³/mol. The summed E-state index contributed by atoms with van der Waals surface area (Å²) in [6.07, 6.45) is 2.69. The molecule has 0 unspecified atom stereocenters. The molecule has 186 valence electrons. The minimum Gasteiger partial charge on any atom is -0.489 e. The summed E-state index contributed by atoms with van der Waals surface area (Å²) >= 11 is 0. The van der Waals surface area contributed by atoms with Crippen LogP contribution in [-0.2, 0) is 19.6 Å². The predicted octanol–water partition coefficient (Wildman–Crippen LogP) is 1.85. The number of rotatable bonds is 10. The molecule has 0 atom stereocenters. The maximum atomic E-state index is 13.1. The fraction of sp³-hybridized carbons (Fsp3) is 0.696. The van der Waals surface area contributed by atoms with Crippen LogP contribution in [0, 0.1) is 0 Å². The molecule has 1 aromatic carbocycles. The number of piperazine rings is 1. The van der Waals surface area contributed by atoms with E-state index in [-0.39, 0.29) is 23.5 Å². The summed E-state index contributed by atoms with van der Waals surface area (Å²) in [6.45, 7) is 10.1. The van der Waals surface area contributed by atoms with E-state index in [1.807, 2.05) is 13.8 Å². The number of piperidine rings is 1. The first kappa shape index (κ1) is 25.9. The zero-order valence-electron chi connectivity index (χ0n) is 20.1. The maximum Gasteiger partial charge on any atom is 0.243 e. The van der Waals surface area contributed by atoms with Crippen molar-refractivity contribution in [1.82, 2.24) is 14.1 Å². The second kappa shape index (κ2) is 12.1. The molecule has 0 bridgehead atoms. The molecule has 10 heteroatoms. The highest BCUT2D eigenvalue weighted by atomic mass is 32.2. The molecule has 0 spiro atoms. The van der Waals surface area contributed by atoms with Crippen molar-refractivity contribution in [1.29, 1.82) is 0 Å². The van der Waals surface area contributed by atoms with Crippen molar-refractivity contribution in [2.24, 2.45) is 0 Å². The van der Waals surface area contributed by atoms with Crippen molar-refractivity contribution in [3.8, 4) is 5.75 Å². The van der Waals surface area contributed by atoms with Crippen molar-refractivity contribution in [3.63, 3.8) is 0 Å². The number of nitrogens with one attached hydrogen (secondary N) is 1. The molecular formula is C23H38N4O5S. The molecule has 0 saturated carbocycles. The van der Waals surface area contributed by atoms with Gasteiger partial charge in [0.2, 0.25) is 15.9 Å². The van der Waals surface area contributed by atoms with Crippen LogP contribution in [0.4, 0.5) is 5.69 Å². The second-order valence-corrected chi connectivity index (χ2v) is 10.9. The molecule has 3 rings (SSSR count). The minimum atomic E-state index is -3.61. The van der Waals surface area contributed by atoms with Crippen molar-refractivity contribution >= 4 is 21.6 Å². The second-order valence-electron chi connectivity index (χ2n) is 8.95. The van der Waals surface area contributed by atoms with Crippen LogP contribution in [0.3, 0.4) is 0 Å². The summed E-state index contributed by atoms with van der Waals surface area (Å²) in [7, 11) is -1.91. The van der Waals surface area contributed by atoms with Crippen LogP contribution in [-0.4, -0.2) is 101 Å². The number of nitrogens with zero attached hydrogens (tertiary/aromatic N) is 3. The fourth-order valence-corrected chi connectivity index (χ4v) is 5.71. The summed E-state index contributed by atoms with van der Waals surface area (Å²) in [5, 5.41) is 2.90. The Hall–Kier alpha value is -1.72. The lowest BCUT2D eigenvalue weighted by molar-refractivity contribution is -0.117. The molecule has 2 aliphatic heterocycles. The molecule has 2 saturated heterocycles. The van der Waals surface area contributed by atoms with Crippen LogP contribution < -0.4 is 10.1 Å². The summed E-state index contributed by atoms with van der Waals surface area (Å²) in [5.74, 6) is 0.293. The molecular weight excluding hydrogens is 444 g/mol. The smallest absolute Gasteiger partial charge is 0.243 e. The van der Waals surface area contributed by atoms with Gasteiger partial charge in [0.1, 0.15) is 5.75 Å². The van der Waals surface area contributed by atoms with Crippen molar-refractivity contribution in [2.45, 2.75) is 44.1 Å². The molecule has 1 aromatic rings. The molecule has 1 N–H and O–H groups in total. The fourth-order valence-electron chi connectivity index (χ4n) is 4.16. The summed E-state index contributed by atoms with van der Waals surface area (Å²) in [4.78, 5) is 17.4. The Balaban J connectivity index is 1.68. The number of carbonyl (C=O) groups excluding carboxylic acids is 1. The van der Waals surface area contributed by atoms with Gasteiger partial charge in [0.05, 0.1) is 29.8 Å². The highest BCUT2D eigenvalue weighted by molar-refractivity contribution is 7.89. The molecule has 1 amide bonds. The van der Waals surface area contributed by atoms with Gasteiger partial charge in [-0.25, -0.2) is 8.42 Å². The number of anilines is 1. The van der Waals surface area contributed by atoms with Crippen molar-refractivity contribution in [2.75, 3.05) is 71.4 Å². The Morgan fingerprint density at radius 2 is 1.70 bits per heavy atom. The average Bonchev–Trinajstić information content (AvgIpc) is 2.80. The molecule has 9 nitrogen and oxygen atoms in total. The molecule has 2 fully saturated rings. The van der Waals surface area contributed by atoms with E-state index in [1.54, 1.807) is 19.2 Å². The third kappa shape index (κ3) is 7.38. The van der Waals surface area contributed by atoms with Gasteiger partial charge in [-0.3, -0.25) is 14.6 Å². The average molecular weight is 483 g/mol. The summed E-state index contributed by atoms with van der Waals surface area (Å²) in [6, 6.07) is 4.74. The maximum absolute atomic E-state index is 13.1. The number of methoxy groups -OCH3 is 1. The molecule has 0 aromatic heterocycles. The van der Waals surface area contributed by atoms with Gasteiger partial charge >= 0.3 is 0 Å². The van der Waals surface area contributed by atoms with Gasteiger partial charge in [0.15, 0.2) is 0 Å². The molecule has 2 heterocycles. The van der Waals surface area contributed by atoms with Crippen LogP contribution in [0.5, 0.6) is 5.75 Å². The van der Waals surface area contributed by atoms with Crippen LogP contribution in [0.1, 0.15) is 33.1 Å². The van der Waals surface area contributed by atoms with Crippen LogP contribution in [0.2, 0.25) is 0 Å². The van der Waals surface area contributed by atoms with Crippen LogP contribution in [0.25, 0.3) is 0 Å². The normalized spacial score (nSPS) is 19.0. The molecule has 0 aliphatic carbocycles. The highest BCUT2D eigenvalue weighted by Crippen LogP contribution is 2.31. The van der Waals surface area contributed by atoms with Crippen LogP contribution >= 0.6 is 0 Å². The van der Waals surface area contributed by atoms with Gasteiger partial charge in [-0.1, -0.05) is 6.42 Å². The number of carbonyl (C=O) groups is 1. The van der Waals surface area contributed by atoms with Crippen LogP contribution in [0.15, 0.2) is 23.1 Å². The minimum absolute atomic E-state index is 0.106. The number of hydrogen-bond donors (Lipinski definition) is 1. The van der Waals surface area contributed by atoms with Crippen molar-refractivity contribution < 1.29 is 22.7 Å². The van der Waals surface area contributed by atoms with Gasteiger partial charge in [-0.2, -0.15) is 4.31 Å². The number of hydrogen-bond acceptors (Lipinski definition) is 7. The topological polar surface area (TPSA) is 91.4 Å². The number of benzene rings is 1. The lowest BCUT2D eigenvalue weighted by Gasteiger charge is -2.34. The summed E-state index contributed by atoms with van der Waals surface area (Å²) in [5.41, 5.74) is 0.394. The number of sulfonamides is 1. The Bertz CT molecular complexity index is 879. The molecule has 33 heavy (non-hydrogen) atoms. The van der Waals surface area contributed by atoms with Crippen molar-refractivity contribution in [3.05, 3.63) is 18.2 Å².